The van der Waals surface area contributed by atoms with Crippen molar-refractivity contribution in [2.24, 2.45) is 0 Å². The quantitative estimate of drug-likeness (QED) is 0.267. The van der Waals surface area contributed by atoms with Gasteiger partial charge in [-0.05, 0) is 48.2 Å². The van der Waals surface area contributed by atoms with Crippen LogP contribution in [0.5, 0.6) is 5.75 Å². The third kappa shape index (κ3) is 4.06. The van der Waals surface area contributed by atoms with E-state index < -0.39 is 0 Å². The normalized spacial score (nSPS) is 10.4. The third-order valence-electron chi connectivity index (χ3n) is 4.98. The molecule has 0 bridgehead atoms. The van der Waals surface area contributed by atoms with E-state index in [0.717, 1.165) is 33.3 Å². The molecule has 5 nitrogen and oxygen atoms in total. The topological polar surface area (TPSA) is 55.9 Å². The Bertz CT molecular complexity index is 1430. The SMILES string of the molecule is Oc1cccc2c1c1ncccc1n2-c1ccccc1.[Ir].[c-]1ccccc1-n1cccn1. The summed E-state index contributed by atoms with van der Waals surface area (Å²) in [5, 5.41) is 15.0. The van der Waals surface area contributed by atoms with Crippen LogP contribution in [0.4, 0.5) is 0 Å². The van der Waals surface area contributed by atoms with Crippen molar-refractivity contribution in [1.29, 1.82) is 0 Å². The van der Waals surface area contributed by atoms with Gasteiger partial charge in [0.05, 0.1) is 16.4 Å². The fraction of sp³-hybridized carbons (Fsp3) is 0. The molecule has 0 amide bonds. The van der Waals surface area contributed by atoms with Gasteiger partial charge in [-0.1, -0.05) is 24.3 Å². The predicted octanol–water partition coefficient (Wildman–Crippen LogP) is 5.55. The first-order valence-electron chi connectivity index (χ1n) is 9.92. The molecule has 3 heterocycles. The van der Waals surface area contributed by atoms with Gasteiger partial charge in [0, 0.05) is 44.4 Å². The van der Waals surface area contributed by atoms with Crippen molar-refractivity contribution < 1.29 is 25.2 Å². The molecule has 0 fully saturated rings. The second-order valence-corrected chi connectivity index (χ2v) is 6.91. The maximum Gasteiger partial charge on any atom is 0.127 e. The number of rotatable bonds is 2. The zero-order valence-electron chi connectivity index (χ0n) is 17.0. The van der Waals surface area contributed by atoms with Gasteiger partial charge in [-0.3, -0.25) is 9.67 Å². The number of aromatic nitrogens is 4. The van der Waals surface area contributed by atoms with Crippen LogP contribution < -0.4 is 0 Å². The summed E-state index contributed by atoms with van der Waals surface area (Å²) in [5.74, 6) is 0.265. The minimum atomic E-state index is 0. The Labute approximate surface area is 198 Å². The minimum Gasteiger partial charge on any atom is -0.507 e. The first-order valence-corrected chi connectivity index (χ1v) is 9.92. The summed E-state index contributed by atoms with van der Waals surface area (Å²) in [4.78, 5) is 4.44. The number of phenolic OH excluding ortho intramolecular Hbond substituents is 1. The molecule has 6 heteroatoms. The van der Waals surface area contributed by atoms with Crippen LogP contribution >= 0.6 is 0 Å². The molecular formula is C26H19IrN4O-. The number of hydrogen-bond donors (Lipinski definition) is 1. The maximum atomic E-state index is 10.2. The van der Waals surface area contributed by atoms with E-state index in [1.165, 1.54) is 0 Å². The van der Waals surface area contributed by atoms with E-state index in [4.69, 9.17) is 0 Å². The zero-order valence-corrected chi connectivity index (χ0v) is 19.4. The fourth-order valence-electron chi connectivity index (χ4n) is 3.65. The number of fused-ring (bicyclic) bond motifs is 3. The Morgan fingerprint density at radius 3 is 2.31 bits per heavy atom. The largest absolute Gasteiger partial charge is 0.507 e. The van der Waals surface area contributed by atoms with E-state index in [9.17, 15) is 5.11 Å². The molecule has 159 valence electrons. The summed E-state index contributed by atoms with van der Waals surface area (Å²) in [7, 11) is 0. The van der Waals surface area contributed by atoms with Gasteiger partial charge in [-0.15, -0.1) is 6.07 Å². The van der Waals surface area contributed by atoms with Gasteiger partial charge in [0.15, 0.2) is 0 Å². The van der Waals surface area contributed by atoms with Crippen LogP contribution in [0.2, 0.25) is 0 Å². The van der Waals surface area contributed by atoms with Gasteiger partial charge in [-0.25, -0.2) is 0 Å². The van der Waals surface area contributed by atoms with E-state index in [1.807, 2.05) is 79.0 Å². The molecule has 0 aliphatic carbocycles. The van der Waals surface area contributed by atoms with Gasteiger partial charge in [0.2, 0.25) is 0 Å². The zero-order chi connectivity index (χ0) is 21.0. The first kappa shape index (κ1) is 21.5. The molecule has 3 aromatic heterocycles. The molecule has 0 aliphatic heterocycles. The summed E-state index contributed by atoms with van der Waals surface area (Å²) in [6.07, 6.45) is 5.40. The molecule has 3 aromatic carbocycles. The van der Waals surface area contributed by atoms with E-state index >= 15 is 0 Å². The van der Waals surface area contributed by atoms with E-state index in [2.05, 4.69) is 32.8 Å². The molecule has 0 unspecified atom stereocenters. The molecule has 0 saturated heterocycles. The van der Waals surface area contributed by atoms with Crippen molar-refractivity contribution in [1.82, 2.24) is 19.3 Å². The number of nitrogens with zero attached hydrogens (tertiary/aromatic N) is 4. The molecule has 0 spiro atoms. The number of aromatic hydroxyl groups is 1. The number of benzene rings is 3. The van der Waals surface area contributed by atoms with E-state index in [0.29, 0.717) is 0 Å². The molecule has 0 saturated carbocycles. The number of phenols is 1. The van der Waals surface area contributed by atoms with Crippen LogP contribution in [0, 0.1) is 6.07 Å². The van der Waals surface area contributed by atoms with Crippen LogP contribution in [0.1, 0.15) is 0 Å². The van der Waals surface area contributed by atoms with E-state index in [1.54, 1.807) is 23.1 Å². The number of pyridine rings is 1. The average molecular weight is 596 g/mol. The van der Waals surface area contributed by atoms with Gasteiger partial charge >= 0.3 is 0 Å². The summed E-state index contributed by atoms with van der Waals surface area (Å²) in [5.41, 5.74) is 4.81. The average Bonchev–Trinajstić information content (AvgIpc) is 3.48. The third-order valence-corrected chi connectivity index (χ3v) is 4.98. The van der Waals surface area contributed by atoms with Gasteiger partial charge in [-0.2, -0.15) is 29.4 Å². The molecule has 6 rings (SSSR count). The van der Waals surface area contributed by atoms with Crippen molar-refractivity contribution in [3.8, 4) is 17.1 Å². The maximum absolute atomic E-state index is 10.2. The van der Waals surface area contributed by atoms with Gasteiger partial charge < -0.3 is 9.67 Å². The van der Waals surface area contributed by atoms with Crippen molar-refractivity contribution in [2.75, 3.05) is 0 Å². The Balaban J connectivity index is 0.000000174. The van der Waals surface area contributed by atoms with Crippen molar-refractivity contribution >= 4 is 21.9 Å². The van der Waals surface area contributed by atoms with Crippen molar-refractivity contribution in [3.63, 3.8) is 0 Å². The monoisotopic (exact) mass is 596 g/mol. The summed E-state index contributed by atoms with van der Waals surface area (Å²) < 4.78 is 3.90. The second kappa shape index (κ2) is 9.60. The first-order chi connectivity index (χ1) is 15.3. The number of hydrogen-bond acceptors (Lipinski definition) is 3. The molecule has 1 N–H and O–H groups in total. The Morgan fingerprint density at radius 1 is 0.750 bits per heavy atom. The smallest absolute Gasteiger partial charge is 0.127 e. The van der Waals surface area contributed by atoms with Crippen LogP contribution in [0.25, 0.3) is 33.3 Å². The summed E-state index contributed by atoms with van der Waals surface area (Å²) in [6.45, 7) is 0. The summed E-state index contributed by atoms with van der Waals surface area (Å²) >= 11 is 0. The van der Waals surface area contributed by atoms with Crippen molar-refractivity contribution in [3.05, 3.63) is 116 Å². The summed E-state index contributed by atoms with van der Waals surface area (Å²) in [6, 6.07) is 32.3. The van der Waals surface area contributed by atoms with Crippen LogP contribution in [-0.4, -0.2) is 24.4 Å². The number of para-hydroxylation sites is 2. The predicted molar refractivity (Wildman–Crippen MR) is 123 cm³/mol. The fourth-order valence-corrected chi connectivity index (χ4v) is 3.65. The molecule has 6 aromatic rings. The Hall–Kier alpha value is -3.73. The molecule has 0 atom stereocenters. The van der Waals surface area contributed by atoms with Gasteiger partial charge in [0.1, 0.15) is 11.3 Å². The molecule has 0 aliphatic rings. The molecule has 32 heavy (non-hydrogen) atoms. The van der Waals surface area contributed by atoms with Crippen LogP contribution in [0.15, 0.2) is 110 Å². The van der Waals surface area contributed by atoms with Crippen molar-refractivity contribution in [2.45, 2.75) is 0 Å². The Morgan fingerprint density at radius 2 is 1.56 bits per heavy atom. The minimum absolute atomic E-state index is 0. The standard InChI is InChI=1S/C17H12N2O.C9H7N2.Ir/c20-15-10-4-8-13-16(15)17-14(9-5-11-18-17)19(13)12-6-2-1-3-7-12;1-2-5-9(6-3-1)11-8-4-7-10-11;/h1-11,20H;1-5,7-8H;/q;-1;. The van der Waals surface area contributed by atoms with Crippen LogP contribution in [0.3, 0.4) is 0 Å². The molecular weight excluding hydrogens is 577 g/mol. The van der Waals surface area contributed by atoms with Crippen LogP contribution in [-0.2, 0) is 20.1 Å². The van der Waals surface area contributed by atoms with E-state index in [-0.39, 0.29) is 25.9 Å². The Kier molecular flexibility index (Phi) is 6.45. The van der Waals surface area contributed by atoms with Gasteiger partial charge in [0.25, 0.3) is 0 Å². The molecule has 1 radical (unpaired) electrons. The second-order valence-electron chi connectivity index (χ2n) is 6.91.